The van der Waals surface area contributed by atoms with Crippen molar-refractivity contribution in [2.75, 3.05) is 35.2 Å². The summed E-state index contributed by atoms with van der Waals surface area (Å²) in [5, 5.41) is 8.98. The SMILES string of the molecule is CC(Oc1ccc2c(c1)N(C)C(=O)N(c1ccc(N(C)C)cc1)S2(=O)=O)C(=O)O. The molecule has 2 aromatic rings. The van der Waals surface area contributed by atoms with Gasteiger partial charge in [-0.1, -0.05) is 0 Å². The van der Waals surface area contributed by atoms with Crippen molar-refractivity contribution < 1.29 is 27.9 Å². The first-order chi connectivity index (χ1) is 13.5. The van der Waals surface area contributed by atoms with E-state index < -0.39 is 28.1 Å². The monoisotopic (exact) mass is 419 g/mol. The Kier molecular flexibility index (Phi) is 5.14. The molecule has 29 heavy (non-hydrogen) atoms. The number of amides is 2. The van der Waals surface area contributed by atoms with Gasteiger partial charge in [0.15, 0.2) is 6.10 Å². The molecule has 3 rings (SSSR count). The first-order valence-corrected chi connectivity index (χ1v) is 10.1. The number of hydrogen-bond donors (Lipinski definition) is 1. The first kappa shape index (κ1) is 20.5. The number of carbonyl (C=O) groups excluding carboxylic acids is 1. The Hall–Kier alpha value is -3.27. The largest absolute Gasteiger partial charge is 0.479 e. The Morgan fingerprint density at radius 1 is 1.14 bits per heavy atom. The molecule has 9 nitrogen and oxygen atoms in total. The number of urea groups is 1. The molecule has 0 spiro atoms. The maximum atomic E-state index is 13.2. The highest BCUT2D eigenvalue weighted by Gasteiger charge is 2.41. The van der Waals surface area contributed by atoms with Gasteiger partial charge in [-0.05, 0) is 43.3 Å². The molecule has 0 radical (unpaired) electrons. The minimum Gasteiger partial charge on any atom is -0.479 e. The number of hydrogen-bond acceptors (Lipinski definition) is 6. The minimum atomic E-state index is -4.16. The van der Waals surface area contributed by atoms with Crippen LogP contribution in [0.4, 0.5) is 21.9 Å². The van der Waals surface area contributed by atoms with Crippen LogP contribution >= 0.6 is 0 Å². The van der Waals surface area contributed by atoms with E-state index in [1.54, 1.807) is 24.3 Å². The highest BCUT2D eigenvalue weighted by atomic mass is 32.2. The van der Waals surface area contributed by atoms with E-state index in [-0.39, 0.29) is 22.0 Å². The van der Waals surface area contributed by atoms with Gasteiger partial charge in [0.2, 0.25) is 0 Å². The molecule has 1 heterocycles. The van der Waals surface area contributed by atoms with Crippen molar-refractivity contribution in [1.82, 2.24) is 0 Å². The molecule has 1 unspecified atom stereocenters. The number of carboxylic acids is 1. The summed E-state index contributed by atoms with van der Waals surface area (Å²) in [7, 11) is 0.998. The lowest BCUT2D eigenvalue weighted by atomic mass is 10.2. The van der Waals surface area contributed by atoms with Gasteiger partial charge in [-0.3, -0.25) is 4.90 Å². The van der Waals surface area contributed by atoms with Crippen LogP contribution in [0.1, 0.15) is 6.92 Å². The van der Waals surface area contributed by atoms with Gasteiger partial charge >= 0.3 is 12.0 Å². The van der Waals surface area contributed by atoms with Crippen LogP contribution in [0.25, 0.3) is 0 Å². The topological polar surface area (TPSA) is 107 Å². The van der Waals surface area contributed by atoms with Crippen LogP contribution in [-0.2, 0) is 14.8 Å². The van der Waals surface area contributed by atoms with E-state index in [0.717, 1.165) is 9.99 Å². The number of ether oxygens (including phenoxy) is 1. The third-order valence-corrected chi connectivity index (χ3v) is 6.28. The molecule has 2 aromatic carbocycles. The van der Waals surface area contributed by atoms with E-state index in [1.165, 1.54) is 37.1 Å². The number of nitrogens with zero attached hydrogens (tertiary/aromatic N) is 3. The summed E-state index contributed by atoms with van der Waals surface area (Å²) in [5.74, 6) is -1.01. The molecule has 1 N–H and O–H groups in total. The van der Waals surface area contributed by atoms with Crippen molar-refractivity contribution in [1.29, 1.82) is 0 Å². The van der Waals surface area contributed by atoms with E-state index in [1.807, 2.05) is 19.0 Å². The van der Waals surface area contributed by atoms with Crippen molar-refractivity contribution in [3.05, 3.63) is 42.5 Å². The van der Waals surface area contributed by atoms with Crippen molar-refractivity contribution in [2.24, 2.45) is 0 Å². The van der Waals surface area contributed by atoms with E-state index >= 15 is 0 Å². The maximum absolute atomic E-state index is 13.2. The van der Waals surface area contributed by atoms with Crippen LogP contribution in [-0.4, -0.2) is 52.8 Å². The Balaban J connectivity index is 2.04. The number of rotatable bonds is 5. The number of aliphatic carboxylic acids is 1. The van der Waals surface area contributed by atoms with Gasteiger partial charge in [0.1, 0.15) is 10.6 Å². The van der Waals surface area contributed by atoms with Crippen LogP contribution in [0.3, 0.4) is 0 Å². The molecule has 0 saturated carbocycles. The molecule has 0 aromatic heterocycles. The van der Waals surface area contributed by atoms with Crippen LogP contribution in [0.15, 0.2) is 47.4 Å². The number of carbonyl (C=O) groups is 2. The van der Waals surface area contributed by atoms with Crippen molar-refractivity contribution in [3.8, 4) is 5.75 Å². The molecule has 2 amide bonds. The predicted octanol–water partition coefficient (Wildman–Crippen LogP) is 2.37. The van der Waals surface area contributed by atoms with Crippen molar-refractivity contribution >= 4 is 39.1 Å². The molecule has 1 aliphatic heterocycles. The number of sulfonamides is 1. The second kappa shape index (κ2) is 7.28. The number of benzene rings is 2. The fourth-order valence-electron chi connectivity index (χ4n) is 2.88. The van der Waals surface area contributed by atoms with Crippen LogP contribution in [0.5, 0.6) is 5.75 Å². The smallest absolute Gasteiger partial charge is 0.344 e. The van der Waals surface area contributed by atoms with E-state index in [0.29, 0.717) is 0 Å². The highest BCUT2D eigenvalue weighted by Crippen LogP contribution is 2.39. The molecule has 154 valence electrons. The highest BCUT2D eigenvalue weighted by molar-refractivity contribution is 7.94. The zero-order valence-corrected chi connectivity index (χ0v) is 17.2. The van der Waals surface area contributed by atoms with E-state index in [2.05, 4.69) is 0 Å². The quantitative estimate of drug-likeness (QED) is 0.793. The second-order valence-corrected chi connectivity index (χ2v) is 8.50. The molecule has 10 heteroatoms. The van der Waals surface area contributed by atoms with Gasteiger partial charge in [-0.25, -0.2) is 18.0 Å². The summed E-state index contributed by atoms with van der Waals surface area (Å²) < 4.78 is 32.3. The summed E-state index contributed by atoms with van der Waals surface area (Å²) in [6, 6.07) is 9.84. The lowest BCUT2D eigenvalue weighted by Gasteiger charge is -2.34. The standard InChI is InChI=1S/C19H21N3O6S/c1-12(18(23)24)28-15-9-10-17-16(11-15)21(4)19(25)22(29(17,26)27)14-7-5-13(6-8-14)20(2)3/h5-12H,1-4H3,(H,23,24). The van der Waals surface area contributed by atoms with Gasteiger partial charge < -0.3 is 14.7 Å². The van der Waals surface area contributed by atoms with Gasteiger partial charge in [-0.2, -0.15) is 4.31 Å². The first-order valence-electron chi connectivity index (χ1n) is 8.68. The normalized spacial score (nSPS) is 16.2. The van der Waals surface area contributed by atoms with Crippen molar-refractivity contribution in [2.45, 2.75) is 17.9 Å². The summed E-state index contributed by atoms with van der Waals surface area (Å²) in [6.45, 7) is 1.35. The Morgan fingerprint density at radius 3 is 2.31 bits per heavy atom. The maximum Gasteiger partial charge on any atom is 0.344 e. The molecule has 0 aliphatic carbocycles. The molecule has 1 aliphatic rings. The molecule has 1 atom stereocenters. The third kappa shape index (κ3) is 3.58. The predicted molar refractivity (Wildman–Crippen MR) is 108 cm³/mol. The summed E-state index contributed by atoms with van der Waals surface area (Å²) in [5.41, 5.74) is 1.20. The third-order valence-electron chi connectivity index (χ3n) is 4.53. The number of carboxylic acid groups (broad SMARTS) is 1. The Bertz CT molecular complexity index is 1070. The van der Waals surface area contributed by atoms with E-state index in [4.69, 9.17) is 9.84 Å². The average molecular weight is 419 g/mol. The van der Waals surface area contributed by atoms with Gasteiger partial charge in [0.05, 0.1) is 11.4 Å². The molecule has 0 fully saturated rings. The lowest BCUT2D eigenvalue weighted by Crippen LogP contribution is -2.49. The Morgan fingerprint density at radius 2 is 1.76 bits per heavy atom. The van der Waals surface area contributed by atoms with Crippen LogP contribution in [0.2, 0.25) is 0 Å². The Labute approximate surface area is 168 Å². The fourth-order valence-corrected chi connectivity index (χ4v) is 4.51. The van der Waals surface area contributed by atoms with Crippen molar-refractivity contribution in [3.63, 3.8) is 0 Å². The fraction of sp³-hybridized carbons (Fsp3) is 0.263. The number of anilines is 3. The van der Waals surface area contributed by atoms with Crippen LogP contribution < -0.4 is 18.8 Å². The molecular formula is C19H21N3O6S. The van der Waals surface area contributed by atoms with Crippen LogP contribution in [0, 0.1) is 0 Å². The van der Waals surface area contributed by atoms with Gasteiger partial charge in [0, 0.05) is 32.9 Å². The average Bonchev–Trinajstić information content (AvgIpc) is 2.66. The summed E-state index contributed by atoms with van der Waals surface area (Å²) >= 11 is 0. The zero-order valence-electron chi connectivity index (χ0n) is 16.4. The summed E-state index contributed by atoms with van der Waals surface area (Å²) in [4.78, 5) is 26.8. The molecule has 0 saturated heterocycles. The number of fused-ring (bicyclic) bond motifs is 1. The molecular weight excluding hydrogens is 398 g/mol. The zero-order chi connectivity index (χ0) is 21.5. The minimum absolute atomic E-state index is 0.0772. The van der Waals surface area contributed by atoms with Gasteiger partial charge in [-0.15, -0.1) is 0 Å². The second-order valence-electron chi connectivity index (χ2n) is 6.75. The summed E-state index contributed by atoms with van der Waals surface area (Å²) in [6.07, 6.45) is -1.12. The van der Waals surface area contributed by atoms with Gasteiger partial charge in [0.25, 0.3) is 10.0 Å². The lowest BCUT2D eigenvalue weighted by molar-refractivity contribution is -0.144. The van der Waals surface area contributed by atoms with E-state index in [9.17, 15) is 18.0 Å². The molecule has 0 bridgehead atoms.